The fourth-order valence-corrected chi connectivity index (χ4v) is 2.88. The summed E-state index contributed by atoms with van der Waals surface area (Å²) in [5, 5.41) is 2.84. The zero-order valence-electron chi connectivity index (χ0n) is 19.7. The van der Waals surface area contributed by atoms with Gasteiger partial charge in [0.05, 0.1) is 0 Å². The molecule has 2 unspecified atom stereocenters. The van der Waals surface area contributed by atoms with Gasteiger partial charge in [0.2, 0.25) is 0 Å². The van der Waals surface area contributed by atoms with E-state index < -0.39 is 11.7 Å². The van der Waals surface area contributed by atoms with E-state index in [4.69, 9.17) is 4.74 Å². The van der Waals surface area contributed by atoms with Gasteiger partial charge in [0.15, 0.2) is 0 Å². The highest BCUT2D eigenvalue weighted by Gasteiger charge is 2.17. The van der Waals surface area contributed by atoms with Crippen LogP contribution in [0.2, 0.25) is 0 Å². The maximum Gasteiger partial charge on any atom is 0.407 e. The second-order valence-electron chi connectivity index (χ2n) is 8.69. The number of hydrogen-bond acceptors (Lipinski definition) is 5. The van der Waals surface area contributed by atoms with E-state index in [0.717, 1.165) is 29.4 Å². The number of carbonyl (C=O) groups excluding carboxylic acids is 3. The van der Waals surface area contributed by atoms with E-state index in [0.29, 0.717) is 19.5 Å². The summed E-state index contributed by atoms with van der Waals surface area (Å²) in [5.74, 6) is 0.240. The molecule has 32 heavy (non-hydrogen) atoms. The molecule has 1 amide bonds. The minimum Gasteiger partial charge on any atom is -0.463 e. The van der Waals surface area contributed by atoms with Crippen LogP contribution in [-0.2, 0) is 32.1 Å². The Kier molecular flexibility index (Phi) is 11.8. The molecule has 0 spiro atoms. The first kappa shape index (κ1) is 26.9. The number of hydrogen-bond donors (Lipinski definition) is 1. The first-order valence-electron chi connectivity index (χ1n) is 10.8. The summed E-state index contributed by atoms with van der Waals surface area (Å²) in [5.41, 5.74) is 2.82. The molecule has 0 bridgehead atoms. The average molecular weight is 442 g/mol. The number of rotatable bonds is 9. The maximum absolute atomic E-state index is 11.7. The maximum atomic E-state index is 11.7. The number of nitrogens with one attached hydrogen (secondary N) is 1. The molecule has 174 valence electrons. The molecule has 0 radical (unpaired) electrons. The Balaban J connectivity index is 0.000000425. The van der Waals surface area contributed by atoms with Crippen molar-refractivity contribution < 1.29 is 23.9 Å². The van der Waals surface area contributed by atoms with Crippen LogP contribution in [0.3, 0.4) is 0 Å². The molecule has 6 nitrogen and oxygen atoms in total. The van der Waals surface area contributed by atoms with Crippen LogP contribution < -0.4 is 5.32 Å². The average Bonchev–Trinajstić information content (AvgIpc) is 2.72. The monoisotopic (exact) mass is 441 g/mol. The molecule has 0 heterocycles. The summed E-state index contributed by atoms with van der Waals surface area (Å²) < 4.78 is 9.78. The van der Waals surface area contributed by atoms with Crippen molar-refractivity contribution in [3.63, 3.8) is 0 Å². The lowest BCUT2D eigenvalue weighted by molar-refractivity contribution is -0.129. The Hall–Kier alpha value is -3.15. The van der Waals surface area contributed by atoms with Crippen molar-refractivity contribution in [3.8, 4) is 0 Å². The van der Waals surface area contributed by atoms with Gasteiger partial charge < -0.3 is 19.6 Å². The van der Waals surface area contributed by atoms with Crippen LogP contribution in [0, 0.1) is 0 Å². The molecular weight excluding hydrogens is 406 g/mol. The second kappa shape index (κ2) is 14.0. The Morgan fingerprint density at radius 1 is 0.969 bits per heavy atom. The van der Waals surface area contributed by atoms with Crippen LogP contribution in [0.4, 0.5) is 4.79 Å². The van der Waals surface area contributed by atoms with Gasteiger partial charge in [-0.3, -0.25) is 4.79 Å². The van der Waals surface area contributed by atoms with E-state index in [2.05, 4.69) is 10.1 Å². The molecule has 0 aliphatic carbocycles. The Morgan fingerprint density at radius 3 is 2.12 bits per heavy atom. The lowest BCUT2D eigenvalue weighted by Crippen LogP contribution is -2.38. The minimum atomic E-state index is -0.486. The molecule has 2 aromatic carbocycles. The molecule has 0 aromatic heterocycles. The number of benzene rings is 2. The summed E-state index contributed by atoms with van der Waals surface area (Å²) in [6, 6.07) is 17.7. The highest BCUT2D eigenvalue weighted by molar-refractivity contribution is 5.68. The van der Waals surface area contributed by atoms with Crippen LogP contribution in [-0.4, -0.2) is 30.5 Å². The predicted octanol–water partition coefficient (Wildman–Crippen LogP) is 5.19. The van der Waals surface area contributed by atoms with Gasteiger partial charge in [-0.25, -0.2) is 4.79 Å². The number of alkyl carbamates (subject to hydrolysis) is 1. The smallest absolute Gasteiger partial charge is 0.407 e. The summed E-state index contributed by atoms with van der Waals surface area (Å²) >= 11 is 0. The Labute approximate surface area is 191 Å². The van der Waals surface area contributed by atoms with Gasteiger partial charge in [-0.2, -0.15) is 0 Å². The van der Waals surface area contributed by atoms with Crippen molar-refractivity contribution in [1.29, 1.82) is 0 Å². The number of amides is 1. The topological polar surface area (TPSA) is 81.7 Å². The molecule has 1 N–H and O–H groups in total. The lowest BCUT2D eigenvalue weighted by atomic mass is 9.96. The summed E-state index contributed by atoms with van der Waals surface area (Å²) in [6.07, 6.45) is 1.83. The van der Waals surface area contributed by atoms with Crippen LogP contribution in [0.1, 0.15) is 63.6 Å². The highest BCUT2D eigenvalue weighted by atomic mass is 16.6. The summed E-state index contributed by atoms with van der Waals surface area (Å²) in [6.45, 7) is 10.3. The number of ether oxygens (including phenoxy) is 2. The fourth-order valence-electron chi connectivity index (χ4n) is 2.88. The summed E-state index contributed by atoms with van der Waals surface area (Å²) in [4.78, 5) is 32.0. The van der Waals surface area contributed by atoms with Gasteiger partial charge in [-0.1, -0.05) is 61.5 Å². The largest absolute Gasteiger partial charge is 0.463 e. The molecular formula is C26H35NO5. The zero-order valence-corrected chi connectivity index (χ0v) is 19.7. The van der Waals surface area contributed by atoms with Gasteiger partial charge in [0, 0.05) is 12.5 Å². The standard InChI is InChI=1S/C18H27NO3.C8H8O2/c1-13(10-11-20)16-8-6-15(7-9-16)12-14(2)19-17(21)22-18(3,4)5;9-7-10-6-8-4-2-1-3-5-8/h6-9,11,13-14H,10,12H2,1-5H3,(H,19,21);1-5,7H,6H2. The Morgan fingerprint density at radius 2 is 1.59 bits per heavy atom. The SMILES string of the molecule is CC(Cc1ccc(C(C)CC=O)cc1)NC(=O)OC(C)(C)C.O=COCc1ccccc1. The predicted molar refractivity (Wildman–Crippen MR) is 125 cm³/mol. The molecule has 0 aliphatic heterocycles. The third-order valence-electron chi connectivity index (χ3n) is 4.46. The third kappa shape index (κ3) is 11.9. The first-order valence-corrected chi connectivity index (χ1v) is 10.8. The van der Waals surface area contributed by atoms with Gasteiger partial charge in [-0.05, 0) is 56.7 Å². The van der Waals surface area contributed by atoms with Crippen LogP contribution in [0.25, 0.3) is 0 Å². The van der Waals surface area contributed by atoms with Crippen molar-refractivity contribution in [2.24, 2.45) is 0 Å². The molecule has 0 saturated heterocycles. The van der Waals surface area contributed by atoms with E-state index >= 15 is 0 Å². The van der Waals surface area contributed by atoms with E-state index in [-0.39, 0.29) is 12.0 Å². The van der Waals surface area contributed by atoms with Crippen molar-refractivity contribution in [2.45, 2.75) is 71.6 Å². The molecule has 6 heteroatoms. The number of carbonyl (C=O) groups is 3. The molecule has 2 aromatic rings. The molecule has 2 rings (SSSR count). The normalized spacial score (nSPS) is 12.4. The minimum absolute atomic E-state index is 0.00639. The van der Waals surface area contributed by atoms with Crippen molar-refractivity contribution in [1.82, 2.24) is 5.32 Å². The van der Waals surface area contributed by atoms with Crippen LogP contribution in [0.5, 0.6) is 0 Å². The van der Waals surface area contributed by atoms with E-state index in [1.54, 1.807) is 0 Å². The van der Waals surface area contributed by atoms with Gasteiger partial charge in [0.25, 0.3) is 6.47 Å². The van der Waals surface area contributed by atoms with E-state index in [1.807, 2.05) is 89.2 Å². The van der Waals surface area contributed by atoms with E-state index in [9.17, 15) is 14.4 Å². The second-order valence-corrected chi connectivity index (χ2v) is 8.69. The van der Waals surface area contributed by atoms with Crippen LogP contribution in [0.15, 0.2) is 54.6 Å². The van der Waals surface area contributed by atoms with Crippen molar-refractivity contribution in [2.75, 3.05) is 0 Å². The van der Waals surface area contributed by atoms with Gasteiger partial charge >= 0.3 is 6.09 Å². The van der Waals surface area contributed by atoms with Gasteiger partial charge in [0.1, 0.15) is 18.5 Å². The third-order valence-corrected chi connectivity index (χ3v) is 4.46. The van der Waals surface area contributed by atoms with Gasteiger partial charge in [-0.15, -0.1) is 0 Å². The molecule has 0 fully saturated rings. The van der Waals surface area contributed by atoms with E-state index in [1.165, 1.54) is 0 Å². The number of aldehydes is 1. The first-order chi connectivity index (χ1) is 15.1. The van der Waals surface area contributed by atoms with Crippen LogP contribution >= 0.6 is 0 Å². The summed E-state index contributed by atoms with van der Waals surface area (Å²) in [7, 11) is 0. The van der Waals surface area contributed by atoms with Crippen molar-refractivity contribution >= 4 is 18.9 Å². The molecule has 0 saturated carbocycles. The molecule has 0 aliphatic rings. The lowest BCUT2D eigenvalue weighted by Gasteiger charge is -2.22. The highest BCUT2D eigenvalue weighted by Crippen LogP contribution is 2.19. The zero-order chi connectivity index (χ0) is 24.0. The van der Waals surface area contributed by atoms with Crippen molar-refractivity contribution in [3.05, 3.63) is 71.3 Å². The Bertz CT molecular complexity index is 812. The quantitative estimate of drug-likeness (QED) is 0.541. The fraction of sp³-hybridized carbons (Fsp3) is 0.423. The molecule has 2 atom stereocenters.